The van der Waals surface area contributed by atoms with E-state index in [4.69, 9.17) is 5.21 Å². The molecule has 2 N–H and O–H groups in total. The molecule has 3 nitrogen and oxygen atoms in total. The van der Waals surface area contributed by atoms with Crippen molar-refractivity contribution in [1.82, 2.24) is 5.48 Å². The number of hydrogen-bond donors (Lipinski definition) is 2. The van der Waals surface area contributed by atoms with Crippen LogP contribution in [0.5, 0.6) is 0 Å². The molecule has 0 saturated heterocycles. The fourth-order valence-electron chi connectivity index (χ4n) is 1.46. The maximum atomic E-state index is 10.6. The van der Waals surface area contributed by atoms with Crippen molar-refractivity contribution in [3.63, 3.8) is 0 Å². The molecule has 0 fully saturated rings. The Bertz CT molecular complexity index is 333. The van der Waals surface area contributed by atoms with Crippen LogP contribution in [0.3, 0.4) is 0 Å². The Hall–Kier alpha value is -1.61. The summed E-state index contributed by atoms with van der Waals surface area (Å²) in [6.45, 7) is 0. The molecule has 1 aromatic rings. The smallest absolute Gasteiger partial charge is 0.267 e. The van der Waals surface area contributed by atoms with Crippen LogP contribution >= 0.6 is 0 Å². The number of carbonyl (C=O) groups excluding carboxylic acids is 1. The fourth-order valence-corrected chi connectivity index (χ4v) is 1.46. The highest BCUT2D eigenvalue weighted by atomic mass is 16.5. The third-order valence-corrected chi connectivity index (χ3v) is 2.31. The lowest BCUT2D eigenvalue weighted by atomic mass is 10.1. The lowest BCUT2D eigenvalue weighted by Crippen LogP contribution is -2.14. The minimum atomic E-state index is -0.469. The second kappa shape index (κ2) is 7.65. The van der Waals surface area contributed by atoms with E-state index < -0.39 is 5.91 Å². The van der Waals surface area contributed by atoms with Crippen LogP contribution in [0.4, 0.5) is 0 Å². The molecule has 0 aliphatic carbocycles. The zero-order valence-electron chi connectivity index (χ0n) is 9.23. The van der Waals surface area contributed by atoms with E-state index in [2.05, 4.69) is 12.1 Å². The van der Waals surface area contributed by atoms with Crippen molar-refractivity contribution in [2.75, 3.05) is 0 Å². The summed E-state index contributed by atoms with van der Waals surface area (Å²) in [5.74, 6) is -0.469. The van der Waals surface area contributed by atoms with Gasteiger partial charge in [-0.1, -0.05) is 36.4 Å². The van der Waals surface area contributed by atoms with Gasteiger partial charge in [-0.25, -0.2) is 5.48 Å². The Kier molecular flexibility index (Phi) is 5.96. The molecule has 1 aromatic carbocycles. The summed E-state index contributed by atoms with van der Waals surface area (Å²) >= 11 is 0. The second-order valence-corrected chi connectivity index (χ2v) is 3.61. The van der Waals surface area contributed by atoms with Crippen molar-refractivity contribution < 1.29 is 10.0 Å². The monoisotopic (exact) mass is 219 g/mol. The Labute approximate surface area is 95.8 Å². The van der Waals surface area contributed by atoms with Crippen LogP contribution in [0, 0.1) is 0 Å². The van der Waals surface area contributed by atoms with Gasteiger partial charge in [-0.3, -0.25) is 10.0 Å². The average Bonchev–Trinajstić information content (AvgIpc) is 2.34. The van der Waals surface area contributed by atoms with E-state index in [0.717, 1.165) is 25.7 Å². The number of nitrogens with one attached hydrogen (secondary N) is 1. The van der Waals surface area contributed by atoms with Crippen molar-refractivity contribution in [2.24, 2.45) is 0 Å². The number of allylic oxidation sites excluding steroid dienone is 1. The lowest BCUT2D eigenvalue weighted by Gasteiger charge is -1.99. The number of benzene rings is 1. The molecule has 0 unspecified atom stereocenters. The molecule has 0 aliphatic rings. The molecule has 0 heterocycles. The lowest BCUT2D eigenvalue weighted by molar-refractivity contribution is -0.124. The molecule has 0 atom stereocenters. The molecule has 1 amide bonds. The quantitative estimate of drug-likeness (QED) is 0.334. The van der Waals surface area contributed by atoms with Gasteiger partial charge in [0.1, 0.15) is 0 Å². The Morgan fingerprint density at radius 2 is 2.00 bits per heavy atom. The summed E-state index contributed by atoms with van der Waals surface area (Å²) in [6.07, 6.45) is 7.21. The van der Waals surface area contributed by atoms with Crippen LogP contribution in [-0.2, 0) is 11.2 Å². The molecule has 1 rings (SSSR count). The molecule has 0 radical (unpaired) electrons. The third-order valence-electron chi connectivity index (χ3n) is 2.31. The largest absolute Gasteiger partial charge is 0.288 e. The van der Waals surface area contributed by atoms with Crippen LogP contribution in [0.2, 0.25) is 0 Å². The van der Waals surface area contributed by atoms with Gasteiger partial charge in [0, 0.05) is 6.08 Å². The van der Waals surface area contributed by atoms with Crippen LogP contribution in [0.1, 0.15) is 24.8 Å². The number of hydrogen-bond acceptors (Lipinski definition) is 2. The molecule has 0 aliphatic heterocycles. The van der Waals surface area contributed by atoms with Crippen LogP contribution in [0.15, 0.2) is 42.5 Å². The van der Waals surface area contributed by atoms with Crippen molar-refractivity contribution in [3.05, 3.63) is 48.0 Å². The second-order valence-electron chi connectivity index (χ2n) is 3.61. The predicted molar refractivity (Wildman–Crippen MR) is 63.1 cm³/mol. The normalized spacial score (nSPS) is 10.6. The summed E-state index contributed by atoms with van der Waals surface area (Å²) in [5, 5.41) is 8.24. The maximum Gasteiger partial charge on any atom is 0.267 e. The Balaban J connectivity index is 2.09. The fraction of sp³-hybridized carbons (Fsp3) is 0.308. The van der Waals surface area contributed by atoms with E-state index >= 15 is 0 Å². The van der Waals surface area contributed by atoms with Gasteiger partial charge in [0.2, 0.25) is 0 Å². The van der Waals surface area contributed by atoms with Crippen LogP contribution < -0.4 is 5.48 Å². The summed E-state index contributed by atoms with van der Waals surface area (Å²) < 4.78 is 0. The minimum Gasteiger partial charge on any atom is -0.288 e. The molecule has 16 heavy (non-hydrogen) atoms. The van der Waals surface area contributed by atoms with Gasteiger partial charge in [-0.2, -0.15) is 0 Å². The minimum absolute atomic E-state index is 0.469. The van der Waals surface area contributed by atoms with E-state index in [9.17, 15) is 4.79 Å². The first-order chi connectivity index (χ1) is 7.83. The molecule has 0 bridgehead atoms. The van der Waals surface area contributed by atoms with Crippen molar-refractivity contribution >= 4 is 5.91 Å². The molecule has 0 saturated carbocycles. The first-order valence-electron chi connectivity index (χ1n) is 5.47. The van der Waals surface area contributed by atoms with Gasteiger partial charge in [0.15, 0.2) is 0 Å². The Morgan fingerprint density at radius 3 is 2.69 bits per heavy atom. The molecule has 0 spiro atoms. The van der Waals surface area contributed by atoms with Gasteiger partial charge in [-0.05, 0) is 31.2 Å². The number of amides is 1. The van der Waals surface area contributed by atoms with Crippen LogP contribution in [0.25, 0.3) is 0 Å². The van der Waals surface area contributed by atoms with Gasteiger partial charge < -0.3 is 0 Å². The summed E-state index contributed by atoms with van der Waals surface area (Å²) in [6, 6.07) is 10.3. The van der Waals surface area contributed by atoms with E-state index in [1.54, 1.807) is 11.6 Å². The molecular formula is C13H17NO2. The topological polar surface area (TPSA) is 49.3 Å². The van der Waals surface area contributed by atoms with Crippen LogP contribution in [-0.4, -0.2) is 11.1 Å². The zero-order chi connectivity index (χ0) is 11.6. The Morgan fingerprint density at radius 1 is 1.25 bits per heavy atom. The van der Waals surface area contributed by atoms with Gasteiger partial charge >= 0.3 is 0 Å². The summed E-state index contributed by atoms with van der Waals surface area (Å²) in [5.41, 5.74) is 2.90. The SMILES string of the molecule is O=C(/C=C/CCCCc1ccccc1)NO. The molecule has 86 valence electrons. The highest BCUT2D eigenvalue weighted by Gasteiger charge is 1.92. The number of aryl methyl sites for hydroxylation is 1. The average molecular weight is 219 g/mol. The molecule has 0 aromatic heterocycles. The number of rotatable bonds is 6. The number of carbonyl (C=O) groups is 1. The van der Waals surface area contributed by atoms with Crippen molar-refractivity contribution in [1.29, 1.82) is 0 Å². The maximum absolute atomic E-state index is 10.6. The predicted octanol–water partition coefficient (Wildman–Crippen LogP) is 2.46. The highest BCUT2D eigenvalue weighted by molar-refractivity contribution is 5.86. The first-order valence-corrected chi connectivity index (χ1v) is 5.47. The molecule has 3 heteroatoms. The highest BCUT2D eigenvalue weighted by Crippen LogP contribution is 2.06. The third kappa shape index (κ3) is 5.32. The molecular weight excluding hydrogens is 202 g/mol. The van der Waals surface area contributed by atoms with Crippen molar-refractivity contribution in [3.8, 4) is 0 Å². The van der Waals surface area contributed by atoms with E-state index in [-0.39, 0.29) is 0 Å². The van der Waals surface area contributed by atoms with Gasteiger partial charge in [0.05, 0.1) is 0 Å². The number of hydroxylamine groups is 1. The van der Waals surface area contributed by atoms with E-state index in [1.807, 2.05) is 18.2 Å². The summed E-state index contributed by atoms with van der Waals surface area (Å²) in [4.78, 5) is 10.6. The first kappa shape index (κ1) is 12.5. The van der Waals surface area contributed by atoms with Gasteiger partial charge in [-0.15, -0.1) is 0 Å². The standard InChI is InChI=1S/C13H17NO2/c15-13(14-16)11-7-2-1-4-8-12-9-5-3-6-10-12/h3,5-7,9-11,16H,1-2,4,8H2,(H,14,15)/b11-7+. The van der Waals surface area contributed by atoms with E-state index in [0.29, 0.717) is 0 Å². The van der Waals surface area contributed by atoms with Gasteiger partial charge in [0.25, 0.3) is 5.91 Å². The zero-order valence-corrected chi connectivity index (χ0v) is 9.23. The number of unbranched alkanes of at least 4 members (excludes halogenated alkanes) is 2. The van der Waals surface area contributed by atoms with E-state index in [1.165, 1.54) is 11.6 Å². The summed E-state index contributed by atoms with van der Waals surface area (Å²) in [7, 11) is 0. The van der Waals surface area contributed by atoms with Crippen molar-refractivity contribution in [2.45, 2.75) is 25.7 Å².